The maximum Gasteiger partial charge on any atom is 0.325 e. The molecular weight excluding hydrogens is 358 g/mol. The summed E-state index contributed by atoms with van der Waals surface area (Å²) in [4.78, 5) is 39.1. The van der Waals surface area contributed by atoms with Gasteiger partial charge in [-0.3, -0.25) is 14.4 Å². The fourth-order valence-electron chi connectivity index (χ4n) is 4.61. The Morgan fingerprint density at radius 3 is 2.39 bits per heavy atom. The molecule has 0 unspecified atom stereocenters. The number of anilines is 2. The number of fused-ring (bicyclic) bond motifs is 1. The van der Waals surface area contributed by atoms with Gasteiger partial charge in [0.15, 0.2) is 5.41 Å². The molecular formula is C21H27N3O4. The highest BCUT2D eigenvalue weighted by Crippen LogP contribution is 2.50. The Morgan fingerprint density at radius 2 is 1.86 bits per heavy atom. The number of methoxy groups -OCH3 is 1. The predicted octanol–water partition coefficient (Wildman–Crippen LogP) is 1.80. The van der Waals surface area contributed by atoms with E-state index in [1.54, 1.807) is 32.2 Å². The van der Waals surface area contributed by atoms with Gasteiger partial charge in [-0.15, -0.1) is 0 Å². The summed E-state index contributed by atoms with van der Waals surface area (Å²) in [7, 11) is 2.88. The number of nitrogens with one attached hydrogen (secondary N) is 1. The van der Waals surface area contributed by atoms with Crippen molar-refractivity contribution in [3.63, 3.8) is 0 Å². The third-order valence-corrected chi connectivity index (χ3v) is 6.54. The summed E-state index contributed by atoms with van der Waals surface area (Å²) < 4.78 is 4.85. The first kappa shape index (κ1) is 18.9. The number of hydrogen-bond donors (Lipinski definition) is 2. The van der Waals surface area contributed by atoms with E-state index in [0.717, 1.165) is 0 Å². The molecule has 7 heteroatoms. The minimum atomic E-state index is -1.37. The first-order chi connectivity index (χ1) is 13.3. The Bertz CT molecular complexity index is 834. The molecule has 3 aliphatic rings. The Labute approximate surface area is 164 Å². The maximum atomic E-state index is 12.8. The quantitative estimate of drug-likeness (QED) is 0.574. The van der Waals surface area contributed by atoms with Gasteiger partial charge in [0.2, 0.25) is 11.8 Å². The highest BCUT2D eigenvalue weighted by molar-refractivity contribution is 6.20. The van der Waals surface area contributed by atoms with Crippen molar-refractivity contribution in [2.45, 2.75) is 44.1 Å². The molecule has 1 aromatic carbocycles. The van der Waals surface area contributed by atoms with Crippen LogP contribution in [0, 0.1) is 17.8 Å². The highest BCUT2D eigenvalue weighted by Gasteiger charge is 2.53. The molecule has 2 fully saturated rings. The van der Waals surface area contributed by atoms with Crippen molar-refractivity contribution >= 4 is 29.2 Å². The van der Waals surface area contributed by atoms with Gasteiger partial charge in [-0.25, -0.2) is 0 Å². The van der Waals surface area contributed by atoms with Crippen molar-refractivity contribution in [3.8, 4) is 0 Å². The van der Waals surface area contributed by atoms with E-state index in [-0.39, 0.29) is 17.7 Å². The second-order valence-corrected chi connectivity index (χ2v) is 8.48. The van der Waals surface area contributed by atoms with Gasteiger partial charge in [-0.1, -0.05) is 6.07 Å². The van der Waals surface area contributed by atoms with Gasteiger partial charge in [-0.2, -0.15) is 0 Å². The van der Waals surface area contributed by atoms with Crippen molar-refractivity contribution in [2.24, 2.45) is 23.5 Å². The summed E-state index contributed by atoms with van der Waals surface area (Å²) in [5, 5.41) is 2.91. The van der Waals surface area contributed by atoms with Crippen LogP contribution in [-0.2, 0) is 24.5 Å². The second-order valence-electron chi connectivity index (χ2n) is 8.48. The number of amides is 2. The van der Waals surface area contributed by atoms with E-state index in [2.05, 4.69) is 5.32 Å². The second kappa shape index (κ2) is 6.58. The van der Waals surface area contributed by atoms with Crippen LogP contribution in [0.15, 0.2) is 18.2 Å². The zero-order valence-electron chi connectivity index (χ0n) is 16.5. The van der Waals surface area contributed by atoms with Gasteiger partial charge in [0.25, 0.3) is 0 Å². The van der Waals surface area contributed by atoms with Gasteiger partial charge < -0.3 is 20.7 Å². The summed E-state index contributed by atoms with van der Waals surface area (Å²) in [5.74, 6) is 0.291. The lowest BCUT2D eigenvalue weighted by molar-refractivity contribution is -0.150. The van der Waals surface area contributed by atoms with Gasteiger partial charge in [0, 0.05) is 18.3 Å². The van der Waals surface area contributed by atoms with Crippen LogP contribution in [0.1, 0.15) is 38.2 Å². The van der Waals surface area contributed by atoms with Gasteiger partial charge in [0.05, 0.1) is 18.8 Å². The van der Waals surface area contributed by atoms with Crippen molar-refractivity contribution < 1.29 is 19.1 Å². The van der Waals surface area contributed by atoms with Crippen molar-refractivity contribution in [1.82, 2.24) is 0 Å². The topological polar surface area (TPSA) is 102 Å². The van der Waals surface area contributed by atoms with Crippen LogP contribution in [-0.4, -0.2) is 38.0 Å². The number of esters is 1. The van der Waals surface area contributed by atoms with Crippen LogP contribution < -0.4 is 16.0 Å². The normalized spacial score (nSPS) is 24.9. The number of rotatable bonds is 6. The van der Waals surface area contributed by atoms with E-state index in [4.69, 9.17) is 10.5 Å². The van der Waals surface area contributed by atoms with Crippen molar-refractivity contribution in [1.29, 1.82) is 0 Å². The zero-order valence-corrected chi connectivity index (χ0v) is 16.5. The molecule has 28 heavy (non-hydrogen) atoms. The summed E-state index contributed by atoms with van der Waals surface area (Å²) in [6.07, 6.45) is 4.67. The molecule has 0 aromatic heterocycles. The standard InChI is InChI=1S/C21H27N3O4/c1-21(20(27)28-3)14-9-8-13(10-15(14)24(2)19(21)26)23-18(25)17(22)16(11-4-5-11)12-6-7-12/h8-12,16-17H,4-7,22H2,1-3H3,(H,23,25)/t17-,21-/m0/s1. The molecule has 7 nitrogen and oxygen atoms in total. The van der Waals surface area contributed by atoms with Crippen LogP contribution in [0.4, 0.5) is 11.4 Å². The molecule has 0 spiro atoms. The molecule has 0 saturated heterocycles. The van der Waals surface area contributed by atoms with E-state index in [1.165, 1.54) is 37.7 Å². The lowest BCUT2D eigenvalue weighted by Gasteiger charge is -2.23. The number of benzene rings is 1. The Balaban J connectivity index is 1.55. The number of carbonyl (C=O) groups excluding carboxylic acids is 3. The smallest absolute Gasteiger partial charge is 0.325 e. The fourth-order valence-corrected chi connectivity index (χ4v) is 4.61. The molecule has 2 amide bonds. The Morgan fingerprint density at radius 1 is 1.25 bits per heavy atom. The first-order valence-corrected chi connectivity index (χ1v) is 9.86. The average Bonchev–Trinajstić information content (AvgIpc) is 3.60. The minimum Gasteiger partial charge on any atom is -0.468 e. The van der Waals surface area contributed by atoms with Crippen molar-refractivity contribution in [2.75, 3.05) is 24.4 Å². The molecule has 4 rings (SSSR count). The molecule has 2 aliphatic carbocycles. The summed E-state index contributed by atoms with van der Waals surface area (Å²) in [6.45, 7) is 1.56. The lowest BCUT2D eigenvalue weighted by Crippen LogP contribution is -2.43. The van der Waals surface area contributed by atoms with Crippen LogP contribution >= 0.6 is 0 Å². The maximum absolute atomic E-state index is 12.8. The molecule has 3 N–H and O–H groups in total. The molecule has 0 radical (unpaired) electrons. The average molecular weight is 385 g/mol. The third kappa shape index (κ3) is 2.89. The summed E-state index contributed by atoms with van der Waals surface area (Å²) >= 11 is 0. The SMILES string of the molecule is COC(=O)[C@]1(C)C(=O)N(C)c2cc(NC(=O)[C@@H](N)C(C3CC3)C3CC3)ccc21. The largest absolute Gasteiger partial charge is 0.468 e. The zero-order chi connectivity index (χ0) is 20.2. The first-order valence-electron chi connectivity index (χ1n) is 9.86. The van der Waals surface area contributed by atoms with E-state index < -0.39 is 17.4 Å². The number of ether oxygens (including phenoxy) is 1. The molecule has 1 aliphatic heterocycles. The number of nitrogens with two attached hydrogens (primary N) is 1. The number of nitrogens with zero attached hydrogens (tertiary/aromatic N) is 1. The molecule has 2 atom stereocenters. The molecule has 1 aromatic rings. The van der Waals surface area contributed by atoms with Crippen LogP contribution in [0.2, 0.25) is 0 Å². The minimum absolute atomic E-state index is 0.188. The van der Waals surface area contributed by atoms with Gasteiger partial charge >= 0.3 is 5.97 Å². The molecule has 2 saturated carbocycles. The third-order valence-electron chi connectivity index (χ3n) is 6.54. The number of likely N-dealkylation sites (N-methyl/N-ethyl adjacent to an activating group) is 1. The van der Waals surface area contributed by atoms with E-state index >= 15 is 0 Å². The Kier molecular flexibility index (Phi) is 4.45. The van der Waals surface area contributed by atoms with E-state index in [0.29, 0.717) is 28.8 Å². The lowest BCUT2D eigenvalue weighted by atomic mass is 9.83. The van der Waals surface area contributed by atoms with E-state index in [9.17, 15) is 14.4 Å². The van der Waals surface area contributed by atoms with Crippen LogP contribution in [0.3, 0.4) is 0 Å². The number of hydrogen-bond acceptors (Lipinski definition) is 5. The predicted molar refractivity (Wildman–Crippen MR) is 105 cm³/mol. The van der Waals surface area contributed by atoms with Gasteiger partial charge in [0.1, 0.15) is 0 Å². The molecule has 1 heterocycles. The van der Waals surface area contributed by atoms with Crippen molar-refractivity contribution in [3.05, 3.63) is 23.8 Å². The summed E-state index contributed by atoms with van der Waals surface area (Å²) in [6, 6.07) is 4.61. The molecule has 0 bridgehead atoms. The van der Waals surface area contributed by atoms with Crippen LogP contribution in [0.25, 0.3) is 0 Å². The summed E-state index contributed by atoms with van der Waals surface area (Å²) in [5.41, 5.74) is 6.67. The van der Waals surface area contributed by atoms with Gasteiger partial charge in [-0.05, 0) is 62.5 Å². The van der Waals surface area contributed by atoms with Crippen LogP contribution in [0.5, 0.6) is 0 Å². The number of carbonyl (C=O) groups is 3. The molecule has 150 valence electrons. The monoisotopic (exact) mass is 385 g/mol. The van der Waals surface area contributed by atoms with E-state index in [1.807, 2.05) is 0 Å². The highest BCUT2D eigenvalue weighted by atomic mass is 16.5. The fraction of sp³-hybridized carbons (Fsp3) is 0.571. The Hall–Kier alpha value is -2.41.